The standard InChI is InChI=1S/C18H19N5O2S/c24-17(23-7-9-25-10-8-23)15-16-14(4-11-26-16)21-18(22-15)20-6-3-13-2-1-5-19-12-13/h1-2,4-5,11-12H,3,6-10H2,(H,20,21,22). The van der Waals surface area contributed by atoms with Crippen molar-refractivity contribution in [3.8, 4) is 0 Å². The summed E-state index contributed by atoms with van der Waals surface area (Å²) in [5, 5.41) is 5.17. The number of morpholine rings is 1. The smallest absolute Gasteiger partial charge is 0.274 e. The Morgan fingerprint density at radius 2 is 2.15 bits per heavy atom. The average Bonchev–Trinajstić information content (AvgIpc) is 3.17. The minimum Gasteiger partial charge on any atom is -0.378 e. The van der Waals surface area contributed by atoms with Crippen molar-refractivity contribution in [2.24, 2.45) is 0 Å². The Labute approximate surface area is 155 Å². The van der Waals surface area contributed by atoms with Gasteiger partial charge in [0.15, 0.2) is 5.69 Å². The van der Waals surface area contributed by atoms with E-state index in [1.807, 2.05) is 29.8 Å². The summed E-state index contributed by atoms with van der Waals surface area (Å²) in [6, 6.07) is 5.87. The fourth-order valence-electron chi connectivity index (χ4n) is 2.87. The highest BCUT2D eigenvalue weighted by molar-refractivity contribution is 7.17. The van der Waals surface area contributed by atoms with Gasteiger partial charge in [0, 0.05) is 32.0 Å². The number of fused-ring (bicyclic) bond motifs is 1. The summed E-state index contributed by atoms with van der Waals surface area (Å²) in [6.07, 6.45) is 4.41. The van der Waals surface area contributed by atoms with Gasteiger partial charge in [0.1, 0.15) is 0 Å². The van der Waals surface area contributed by atoms with Crippen LogP contribution in [0, 0.1) is 0 Å². The van der Waals surface area contributed by atoms with E-state index in [0.717, 1.165) is 22.2 Å². The predicted octanol–water partition coefficient (Wildman–Crippen LogP) is 2.21. The van der Waals surface area contributed by atoms with Crippen LogP contribution < -0.4 is 5.32 Å². The van der Waals surface area contributed by atoms with Gasteiger partial charge in [-0.1, -0.05) is 6.07 Å². The SMILES string of the molecule is O=C(c1nc(NCCc2cccnc2)nc2ccsc12)N1CCOCC1. The normalized spacial score (nSPS) is 14.5. The molecule has 3 aromatic heterocycles. The zero-order chi connectivity index (χ0) is 17.8. The minimum absolute atomic E-state index is 0.0570. The van der Waals surface area contributed by atoms with Crippen molar-refractivity contribution in [1.29, 1.82) is 0 Å². The number of amides is 1. The van der Waals surface area contributed by atoms with Crippen LogP contribution in [0.4, 0.5) is 5.95 Å². The van der Waals surface area contributed by atoms with E-state index >= 15 is 0 Å². The zero-order valence-electron chi connectivity index (χ0n) is 14.2. The number of carbonyl (C=O) groups excluding carboxylic acids is 1. The molecular formula is C18H19N5O2S. The molecule has 4 rings (SSSR count). The summed E-state index contributed by atoms with van der Waals surface area (Å²) in [5.74, 6) is 0.426. The number of pyridine rings is 1. The first kappa shape index (κ1) is 16.9. The molecule has 1 saturated heterocycles. The quantitative estimate of drug-likeness (QED) is 0.743. The van der Waals surface area contributed by atoms with E-state index in [4.69, 9.17) is 4.74 Å². The van der Waals surface area contributed by atoms with Gasteiger partial charge in [-0.25, -0.2) is 9.97 Å². The van der Waals surface area contributed by atoms with Crippen LogP contribution in [-0.2, 0) is 11.2 Å². The Morgan fingerprint density at radius 1 is 1.27 bits per heavy atom. The fourth-order valence-corrected chi connectivity index (χ4v) is 3.68. The second-order valence-electron chi connectivity index (χ2n) is 5.97. The Bertz CT molecular complexity index is 893. The highest BCUT2D eigenvalue weighted by atomic mass is 32.1. The molecule has 0 spiro atoms. The molecule has 0 unspecified atom stereocenters. The summed E-state index contributed by atoms with van der Waals surface area (Å²) in [4.78, 5) is 27.9. The van der Waals surface area contributed by atoms with Gasteiger partial charge in [0.2, 0.25) is 5.95 Å². The summed E-state index contributed by atoms with van der Waals surface area (Å²) in [7, 11) is 0. The van der Waals surface area contributed by atoms with E-state index in [2.05, 4.69) is 20.3 Å². The maximum Gasteiger partial charge on any atom is 0.274 e. The molecule has 1 N–H and O–H groups in total. The molecule has 0 bridgehead atoms. The van der Waals surface area contributed by atoms with Crippen LogP contribution in [0.1, 0.15) is 16.1 Å². The highest BCUT2D eigenvalue weighted by Crippen LogP contribution is 2.25. The van der Waals surface area contributed by atoms with E-state index in [1.54, 1.807) is 11.1 Å². The Balaban J connectivity index is 1.53. The first-order valence-corrected chi connectivity index (χ1v) is 9.44. The van der Waals surface area contributed by atoms with Crippen LogP contribution in [-0.4, -0.2) is 58.6 Å². The molecule has 8 heteroatoms. The van der Waals surface area contributed by atoms with Crippen molar-refractivity contribution < 1.29 is 9.53 Å². The van der Waals surface area contributed by atoms with E-state index in [0.29, 0.717) is 44.5 Å². The number of rotatable bonds is 5. The molecule has 0 aliphatic carbocycles. The number of hydrogen-bond donors (Lipinski definition) is 1. The van der Waals surface area contributed by atoms with E-state index in [1.165, 1.54) is 11.3 Å². The molecule has 0 saturated carbocycles. The van der Waals surface area contributed by atoms with E-state index < -0.39 is 0 Å². The van der Waals surface area contributed by atoms with Gasteiger partial charge in [-0.3, -0.25) is 9.78 Å². The molecule has 0 aromatic carbocycles. The maximum absolute atomic E-state index is 12.9. The molecule has 1 aliphatic heterocycles. The van der Waals surface area contributed by atoms with Crippen LogP contribution in [0.15, 0.2) is 36.0 Å². The van der Waals surface area contributed by atoms with Gasteiger partial charge in [-0.2, -0.15) is 0 Å². The molecule has 3 aromatic rings. The van der Waals surface area contributed by atoms with Crippen molar-refractivity contribution in [3.63, 3.8) is 0 Å². The van der Waals surface area contributed by atoms with Crippen molar-refractivity contribution in [2.75, 3.05) is 38.2 Å². The lowest BCUT2D eigenvalue weighted by Crippen LogP contribution is -2.41. The second-order valence-corrected chi connectivity index (χ2v) is 6.89. The van der Waals surface area contributed by atoms with Crippen molar-refractivity contribution in [3.05, 3.63) is 47.2 Å². The van der Waals surface area contributed by atoms with Gasteiger partial charge in [0.05, 0.1) is 23.4 Å². The summed E-state index contributed by atoms with van der Waals surface area (Å²) >= 11 is 1.50. The summed E-state index contributed by atoms with van der Waals surface area (Å²) in [5.41, 5.74) is 2.41. The van der Waals surface area contributed by atoms with Gasteiger partial charge in [-0.05, 0) is 29.5 Å². The number of ether oxygens (including phenoxy) is 1. The predicted molar refractivity (Wildman–Crippen MR) is 101 cm³/mol. The first-order chi connectivity index (χ1) is 12.8. The first-order valence-electron chi connectivity index (χ1n) is 8.56. The van der Waals surface area contributed by atoms with Crippen molar-refractivity contribution in [1.82, 2.24) is 19.9 Å². The van der Waals surface area contributed by atoms with Gasteiger partial charge in [-0.15, -0.1) is 11.3 Å². The molecule has 0 radical (unpaired) electrons. The summed E-state index contributed by atoms with van der Waals surface area (Å²) in [6.45, 7) is 3.01. The van der Waals surface area contributed by atoms with Gasteiger partial charge in [0.25, 0.3) is 5.91 Å². The number of aromatic nitrogens is 3. The zero-order valence-corrected chi connectivity index (χ0v) is 15.0. The molecule has 1 amide bonds. The second kappa shape index (κ2) is 7.76. The molecule has 134 valence electrons. The molecule has 0 atom stereocenters. The number of nitrogens with one attached hydrogen (secondary N) is 1. The number of carbonyl (C=O) groups is 1. The van der Waals surface area contributed by atoms with Crippen LogP contribution in [0.3, 0.4) is 0 Å². The minimum atomic E-state index is -0.0570. The summed E-state index contributed by atoms with van der Waals surface area (Å²) < 4.78 is 6.17. The third kappa shape index (κ3) is 3.66. The van der Waals surface area contributed by atoms with Crippen LogP contribution >= 0.6 is 11.3 Å². The largest absolute Gasteiger partial charge is 0.378 e. The fraction of sp³-hybridized carbons (Fsp3) is 0.333. The van der Waals surface area contributed by atoms with Crippen molar-refractivity contribution >= 4 is 33.4 Å². The molecule has 1 aliphatic rings. The molecule has 7 nitrogen and oxygen atoms in total. The lowest BCUT2D eigenvalue weighted by atomic mass is 10.2. The number of hydrogen-bond acceptors (Lipinski definition) is 7. The third-order valence-electron chi connectivity index (χ3n) is 4.22. The highest BCUT2D eigenvalue weighted by Gasteiger charge is 2.23. The van der Waals surface area contributed by atoms with Crippen LogP contribution in [0.25, 0.3) is 10.2 Å². The van der Waals surface area contributed by atoms with E-state index in [9.17, 15) is 4.79 Å². The molecule has 4 heterocycles. The van der Waals surface area contributed by atoms with Gasteiger partial charge < -0.3 is 15.0 Å². The Kier molecular flexibility index (Phi) is 5.03. The maximum atomic E-state index is 12.9. The topological polar surface area (TPSA) is 80.2 Å². The molecular weight excluding hydrogens is 350 g/mol. The van der Waals surface area contributed by atoms with Gasteiger partial charge >= 0.3 is 0 Å². The third-order valence-corrected chi connectivity index (χ3v) is 5.13. The average molecular weight is 369 g/mol. The van der Waals surface area contributed by atoms with E-state index in [-0.39, 0.29) is 5.91 Å². The van der Waals surface area contributed by atoms with Crippen LogP contribution in [0.5, 0.6) is 0 Å². The number of nitrogens with zero attached hydrogens (tertiary/aromatic N) is 4. The lowest BCUT2D eigenvalue weighted by Gasteiger charge is -2.26. The lowest BCUT2D eigenvalue weighted by molar-refractivity contribution is 0.0300. The Hall–Kier alpha value is -2.58. The molecule has 1 fully saturated rings. The molecule has 26 heavy (non-hydrogen) atoms. The monoisotopic (exact) mass is 369 g/mol. The van der Waals surface area contributed by atoms with Crippen LogP contribution in [0.2, 0.25) is 0 Å². The van der Waals surface area contributed by atoms with Crippen molar-refractivity contribution in [2.45, 2.75) is 6.42 Å². The number of thiophene rings is 1. The number of anilines is 1. The Morgan fingerprint density at radius 3 is 2.96 bits per heavy atom.